The average molecular weight is 207 g/mol. The molecule has 0 aromatic heterocycles. The lowest BCUT2D eigenvalue weighted by atomic mass is 9.99. The van der Waals surface area contributed by atoms with E-state index in [0.717, 1.165) is 0 Å². The number of hydrogen-bond acceptors (Lipinski definition) is 1. The minimum Gasteiger partial charge on any atom is -0.320 e. The van der Waals surface area contributed by atoms with Crippen molar-refractivity contribution in [3.8, 4) is 0 Å². The molecule has 16 heavy (non-hydrogen) atoms. The van der Waals surface area contributed by atoms with Crippen LogP contribution in [0.4, 0.5) is 0 Å². The van der Waals surface area contributed by atoms with E-state index in [2.05, 4.69) is 36.4 Å². The predicted molar refractivity (Wildman–Crippen MR) is 67.7 cm³/mol. The number of benzene rings is 2. The van der Waals surface area contributed by atoms with Crippen LogP contribution < -0.4 is 5.73 Å². The van der Waals surface area contributed by atoms with Gasteiger partial charge in [0, 0.05) is 0 Å². The van der Waals surface area contributed by atoms with Gasteiger partial charge in [0.2, 0.25) is 0 Å². The zero-order chi connectivity index (χ0) is 11.0. The molecule has 0 amide bonds. The van der Waals surface area contributed by atoms with Gasteiger partial charge in [-0.05, 0) is 28.3 Å². The molecule has 0 saturated carbocycles. The molecule has 1 nitrogen and oxygen atoms in total. The van der Waals surface area contributed by atoms with Gasteiger partial charge in [0.25, 0.3) is 0 Å². The lowest BCUT2D eigenvalue weighted by Gasteiger charge is -2.11. The predicted octanol–water partition coefficient (Wildman–Crippen LogP) is 3.24. The fourth-order valence-electron chi connectivity index (χ4n) is 2.24. The van der Waals surface area contributed by atoms with Crippen molar-refractivity contribution in [2.75, 3.05) is 0 Å². The van der Waals surface area contributed by atoms with E-state index in [0.29, 0.717) is 0 Å². The molecule has 2 aromatic rings. The number of rotatable bonds is 1. The van der Waals surface area contributed by atoms with Gasteiger partial charge in [-0.1, -0.05) is 54.6 Å². The number of fused-ring (bicyclic) bond motifs is 1. The van der Waals surface area contributed by atoms with Crippen molar-refractivity contribution in [3.63, 3.8) is 0 Å². The normalized spacial score (nSPS) is 18.1. The second-order valence-corrected chi connectivity index (χ2v) is 4.07. The third-order valence-electron chi connectivity index (χ3n) is 3.08. The maximum Gasteiger partial charge on any atom is 0.0563 e. The lowest BCUT2D eigenvalue weighted by molar-refractivity contribution is 0.949. The fraction of sp³-hybridized carbons (Fsp3) is 0.0667. The molecule has 0 radical (unpaired) electrons. The molecule has 0 aliphatic heterocycles. The Kier molecular flexibility index (Phi) is 2.12. The highest BCUT2D eigenvalue weighted by Gasteiger charge is 2.21. The monoisotopic (exact) mass is 207 g/mol. The van der Waals surface area contributed by atoms with E-state index in [1.807, 2.05) is 24.3 Å². The molecule has 0 bridgehead atoms. The van der Waals surface area contributed by atoms with E-state index in [-0.39, 0.29) is 6.04 Å². The summed E-state index contributed by atoms with van der Waals surface area (Å²) in [5.74, 6) is 0. The van der Waals surface area contributed by atoms with Gasteiger partial charge in [0.15, 0.2) is 0 Å². The van der Waals surface area contributed by atoms with Crippen molar-refractivity contribution >= 4 is 11.6 Å². The minimum atomic E-state index is 0.0126. The van der Waals surface area contributed by atoms with Crippen LogP contribution >= 0.6 is 0 Å². The van der Waals surface area contributed by atoms with Crippen LogP contribution in [0.5, 0.6) is 0 Å². The van der Waals surface area contributed by atoms with E-state index in [9.17, 15) is 0 Å². The standard InChI is InChI=1S/C15H13N/c16-15-13-9-5-4-8-12(13)10-14(15)11-6-2-1-3-7-11/h1-10,15H,16H2. The van der Waals surface area contributed by atoms with Gasteiger partial charge in [-0.25, -0.2) is 0 Å². The summed E-state index contributed by atoms with van der Waals surface area (Å²) in [6, 6.07) is 18.7. The maximum atomic E-state index is 6.25. The molecule has 1 atom stereocenters. The van der Waals surface area contributed by atoms with Crippen LogP contribution in [-0.2, 0) is 0 Å². The quantitative estimate of drug-likeness (QED) is 0.763. The van der Waals surface area contributed by atoms with Crippen LogP contribution in [0.3, 0.4) is 0 Å². The van der Waals surface area contributed by atoms with Crippen molar-refractivity contribution in [3.05, 3.63) is 71.3 Å². The third-order valence-corrected chi connectivity index (χ3v) is 3.08. The Hall–Kier alpha value is -1.86. The molecule has 0 saturated heterocycles. The van der Waals surface area contributed by atoms with Gasteiger partial charge in [-0.2, -0.15) is 0 Å². The van der Waals surface area contributed by atoms with Crippen molar-refractivity contribution in [2.24, 2.45) is 5.73 Å². The lowest BCUT2D eigenvalue weighted by Crippen LogP contribution is -2.09. The second kappa shape index (κ2) is 3.62. The van der Waals surface area contributed by atoms with Gasteiger partial charge in [0.05, 0.1) is 6.04 Å². The zero-order valence-electron chi connectivity index (χ0n) is 8.93. The van der Waals surface area contributed by atoms with Crippen molar-refractivity contribution in [1.29, 1.82) is 0 Å². The van der Waals surface area contributed by atoms with E-state index in [1.54, 1.807) is 0 Å². The first-order chi connectivity index (χ1) is 7.86. The Morgan fingerprint density at radius 3 is 2.25 bits per heavy atom. The SMILES string of the molecule is NC1C(c2ccccc2)=Cc2ccccc21. The molecule has 1 aliphatic carbocycles. The first kappa shape index (κ1) is 9.37. The molecule has 0 spiro atoms. The summed E-state index contributed by atoms with van der Waals surface area (Å²) in [4.78, 5) is 0. The highest BCUT2D eigenvalue weighted by molar-refractivity contribution is 5.91. The van der Waals surface area contributed by atoms with Gasteiger partial charge >= 0.3 is 0 Å². The Bertz CT molecular complexity index is 540. The molecule has 1 aliphatic rings. The molecule has 1 unspecified atom stereocenters. The molecule has 2 N–H and O–H groups in total. The van der Waals surface area contributed by atoms with Gasteiger partial charge in [-0.15, -0.1) is 0 Å². The largest absolute Gasteiger partial charge is 0.320 e. The van der Waals surface area contributed by atoms with Crippen LogP contribution in [0, 0.1) is 0 Å². The van der Waals surface area contributed by atoms with Gasteiger partial charge < -0.3 is 5.73 Å². The molecule has 3 rings (SSSR count). The topological polar surface area (TPSA) is 26.0 Å². The van der Waals surface area contributed by atoms with Crippen LogP contribution in [-0.4, -0.2) is 0 Å². The molecule has 78 valence electrons. The molecular formula is C15H13N. The molecule has 0 fully saturated rings. The van der Waals surface area contributed by atoms with E-state index in [1.165, 1.54) is 22.3 Å². The van der Waals surface area contributed by atoms with Crippen molar-refractivity contribution in [1.82, 2.24) is 0 Å². The van der Waals surface area contributed by atoms with Crippen LogP contribution in [0.1, 0.15) is 22.7 Å². The van der Waals surface area contributed by atoms with Gasteiger partial charge in [-0.3, -0.25) is 0 Å². The van der Waals surface area contributed by atoms with Crippen LogP contribution in [0.15, 0.2) is 54.6 Å². The van der Waals surface area contributed by atoms with Crippen LogP contribution in [0.25, 0.3) is 11.6 Å². The summed E-state index contributed by atoms with van der Waals surface area (Å²) >= 11 is 0. The first-order valence-electron chi connectivity index (χ1n) is 5.48. The first-order valence-corrected chi connectivity index (χ1v) is 5.48. The van der Waals surface area contributed by atoms with E-state index < -0.39 is 0 Å². The smallest absolute Gasteiger partial charge is 0.0563 e. The highest BCUT2D eigenvalue weighted by atomic mass is 14.7. The number of hydrogen-bond donors (Lipinski definition) is 1. The zero-order valence-corrected chi connectivity index (χ0v) is 8.93. The Morgan fingerprint density at radius 1 is 0.812 bits per heavy atom. The number of nitrogens with two attached hydrogens (primary N) is 1. The summed E-state index contributed by atoms with van der Waals surface area (Å²) in [6.07, 6.45) is 2.19. The molecule has 0 heterocycles. The summed E-state index contributed by atoms with van der Waals surface area (Å²) < 4.78 is 0. The van der Waals surface area contributed by atoms with Crippen molar-refractivity contribution in [2.45, 2.75) is 6.04 Å². The Labute approximate surface area is 95.2 Å². The summed E-state index contributed by atoms with van der Waals surface area (Å²) in [6.45, 7) is 0. The summed E-state index contributed by atoms with van der Waals surface area (Å²) in [7, 11) is 0. The van der Waals surface area contributed by atoms with Crippen molar-refractivity contribution < 1.29 is 0 Å². The maximum absolute atomic E-state index is 6.25. The highest BCUT2D eigenvalue weighted by Crippen LogP contribution is 2.38. The Balaban J connectivity index is 2.09. The third kappa shape index (κ3) is 1.37. The van der Waals surface area contributed by atoms with E-state index in [4.69, 9.17) is 5.73 Å². The average Bonchev–Trinajstić information content (AvgIpc) is 2.69. The molecular weight excluding hydrogens is 194 g/mol. The summed E-state index contributed by atoms with van der Waals surface area (Å²) in [5, 5.41) is 0. The van der Waals surface area contributed by atoms with Gasteiger partial charge in [0.1, 0.15) is 0 Å². The summed E-state index contributed by atoms with van der Waals surface area (Å²) in [5.41, 5.74) is 11.1. The Morgan fingerprint density at radius 2 is 1.50 bits per heavy atom. The fourth-order valence-corrected chi connectivity index (χ4v) is 2.24. The van der Waals surface area contributed by atoms with Crippen LogP contribution in [0.2, 0.25) is 0 Å². The molecule has 2 aromatic carbocycles. The minimum absolute atomic E-state index is 0.0126. The molecule has 1 heteroatoms. The van der Waals surface area contributed by atoms with E-state index >= 15 is 0 Å². The second-order valence-electron chi connectivity index (χ2n) is 4.07.